The van der Waals surface area contributed by atoms with Crippen molar-refractivity contribution in [3.8, 4) is 0 Å². The summed E-state index contributed by atoms with van der Waals surface area (Å²) in [6.45, 7) is 10.6. The van der Waals surface area contributed by atoms with Gasteiger partial charge in [0.1, 0.15) is 0 Å². The molecule has 0 saturated heterocycles. The Balaban J connectivity index is 2.51. The van der Waals surface area contributed by atoms with Gasteiger partial charge < -0.3 is 10.0 Å². The number of aliphatic hydroxyl groups excluding tert-OH is 1. The van der Waals surface area contributed by atoms with Crippen molar-refractivity contribution in [2.45, 2.75) is 65.8 Å². The first kappa shape index (κ1) is 16.0. The molecule has 1 aliphatic carbocycles. The Bertz CT molecular complexity index is 231. The average Bonchev–Trinajstić information content (AvgIpc) is 2.31. The number of rotatable bonds is 6. The van der Waals surface area contributed by atoms with Gasteiger partial charge >= 0.3 is 0 Å². The first-order valence-electron chi connectivity index (χ1n) is 7.69. The highest BCUT2D eigenvalue weighted by Gasteiger charge is 2.35. The lowest BCUT2D eigenvalue weighted by atomic mass is 9.71. The molecule has 0 aromatic carbocycles. The number of hydrogen-bond donors (Lipinski definition) is 1. The van der Waals surface area contributed by atoms with E-state index in [4.69, 9.17) is 0 Å². The van der Waals surface area contributed by atoms with Crippen molar-refractivity contribution in [3.63, 3.8) is 0 Å². The molecule has 108 valence electrons. The van der Waals surface area contributed by atoms with Gasteiger partial charge in [-0.25, -0.2) is 0 Å². The fourth-order valence-corrected chi connectivity index (χ4v) is 3.29. The van der Waals surface area contributed by atoms with Crippen LogP contribution >= 0.6 is 0 Å². The maximum Gasteiger partial charge on any atom is 0.0499 e. The first-order valence-corrected chi connectivity index (χ1v) is 7.69. The van der Waals surface area contributed by atoms with Crippen LogP contribution in [-0.2, 0) is 0 Å². The fourth-order valence-electron chi connectivity index (χ4n) is 3.29. The topological polar surface area (TPSA) is 23.5 Å². The Morgan fingerprint density at radius 1 is 1.22 bits per heavy atom. The molecule has 1 saturated carbocycles. The molecule has 0 spiro atoms. The summed E-state index contributed by atoms with van der Waals surface area (Å²) < 4.78 is 0. The second kappa shape index (κ2) is 6.91. The quantitative estimate of drug-likeness (QED) is 0.784. The van der Waals surface area contributed by atoms with E-state index in [1.54, 1.807) is 0 Å². The first-order chi connectivity index (χ1) is 8.38. The third-order valence-electron chi connectivity index (χ3n) is 4.82. The summed E-state index contributed by atoms with van der Waals surface area (Å²) in [5, 5.41) is 9.81. The van der Waals surface area contributed by atoms with E-state index in [-0.39, 0.29) is 5.41 Å². The SMILES string of the molecule is CC(C)CC(C)N(C)CC1(CO)CCC(C)CC1. The van der Waals surface area contributed by atoms with Gasteiger partial charge in [0.25, 0.3) is 0 Å². The summed E-state index contributed by atoms with van der Waals surface area (Å²) in [6, 6.07) is 0.618. The minimum Gasteiger partial charge on any atom is -0.396 e. The fraction of sp³-hybridized carbons (Fsp3) is 1.00. The molecule has 1 N–H and O–H groups in total. The van der Waals surface area contributed by atoms with Gasteiger partial charge in [-0.2, -0.15) is 0 Å². The Labute approximate surface area is 114 Å². The van der Waals surface area contributed by atoms with Gasteiger partial charge in [-0.3, -0.25) is 0 Å². The third-order valence-corrected chi connectivity index (χ3v) is 4.82. The molecular formula is C16H33NO. The van der Waals surface area contributed by atoms with Crippen molar-refractivity contribution < 1.29 is 5.11 Å². The van der Waals surface area contributed by atoms with Gasteiger partial charge in [0.05, 0.1) is 0 Å². The minimum atomic E-state index is 0.173. The monoisotopic (exact) mass is 255 g/mol. The van der Waals surface area contributed by atoms with Crippen molar-refractivity contribution in [3.05, 3.63) is 0 Å². The molecule has 0 bridgehead atoms. The van der Waals surface area contributed by atoms with Crippen LogP contribution in [0.5, 0.6) is 0 Å². The van der Waals surface area contributed by atoms with E-state index in [1.165, 1.54) is 32.1 Å². The predicted molar refractivity (Wildman–Crippen MR) is 78.7 cm³/mol. The largest absolute Gasteiger partial charge is 0.396 e. The molecule has 0 radical (unpaired) electrons. The standard InChI is InChI=1S/C16H33NO/c1-13(2)10-15(4)17(5)11-16(12-18)8-6-14(3)7-9-16/h13-15,18H,6-12H2,1-5H3. The van der Waals surface area contributed by atoms with Crippen LogP contribution in [0.15, 0.2) is 0 Å². The molecule has 1 rings (SSSR count). The van der Waals surface area contributed by atoms with E-state index in [0.717, 1.165) is 18.4 Å². The van der Waals surface area contributed by atoms with Crippen LogP contribution < -0.4 is 0 Å². The Morgan fingerprint density at radius 2 is 1.78 bits per heavy atom. The molecule has 2 nitrogen and oxygen atoms in total. The normalized spacial score (nSPS) is 31.0. The zero-order valence-electron chi connectivity index (χ0n) is 13.1. The third kappa shape index (κ3) is 4.55. The molecule has 0 aromatic rings. The van der Waals surface area contributed by atoms with Crippen molar-refractivity contribution in [2.24, 2.45) is 17.3 Å². The number of aliphatic hydroxyl groups is 1. The molecular weight excluding hydrogens is 222 g/mol. The van der Waals surface area contributed by atoms with Crippen LogP contribution in [0.4, 0.5) is 0 Å². The minimum absolute atomic E-state index is 0.173. The van der Waals surface area contributed by atoms with Crippen molar-refractivity contribution in [1.29, 1.82) is 0 Å². The molecule has 2 heteroatoms. The molecule has 1 aliphatic rings. The summed E-state index contributed by atoms with van der Waals surface area (Å²) in [6.07, 6.45) is 6.21. The van der Waals surface area contributed by atoms with Crippen molar-refractivity contribution in [1.82, 2.24) is 4.90 Å². The molecule has 0 heterocycles. The van der Waals surface area contributed by atoms with E-state index in [9.17, 15) is 5.11 Å². The molecule has 1 atom stereocenters. The predicted octanol–water partition coefficient (Wildman–Crippen LogP) is 3.54. The maximum absolute atomic E-state index is 9.81. The molecule has 0 aliphatic heterocycles. The van der Waals surface area contributed by atoms with Crippen molar-refractivity contribution >= 4 is 0 Å². The molecule has 18 heavy (non-hydrogen) atoms. The molecule has 1 unspecified atom stereocenters. The van der Waals surface area contributed by atoms with Crippen LogP contribution in [0.2, 0.25) is 0 Å². The van der Waals surface area contributed by atoms with E-state index in [1.807, 2.05) is 0 Å². The average molecular weight is 255 g/mol. The Morgan fingerprint density at radius 3 is 2.22 bits per heavy atom. The van der Waals surface area contributed by atoms with Gasteiger partial charge in [0.15, 0.2) is 0 Å². The lowest BCUT2D eigenvalue weighted by Gasteiger charge is -2.42. The van der Waals surface area contributed by atoms with Gasteiger partial charge in [-0.15, -0.1) is 0 Å². The zero-order valence-corrected chi connectivity index (χ0v) is 13.1. The van der Waals surface area contributed by atoms with Gasteiger partial charge in [0, 0.05) is 24.6 Å². The highest BCUT2D eigenvalue weighted by molar-refractivity contribution is 4.87. The summed E-state index contributed by atoms with van der Waals surface area (Å²) in [5.41, 5.74) is 0.173. The maximum atomic E-state index is 9.81. The van der Waals surface area contributed by atoms with Crippen molar-refractivity contribution in [2.75, 3.05) is 20.2 Å². The van der Waals surface area contributed by atoms with E-state index >= 15 is 0 Å². The molecule has 1 fully saturated rings. The highest BCUT2D eigenvalue weighted by Crippen LogP contribution is 2.39. The second-order valence-electron chi connectivity index (χ2n) is 7.23. The van der Waals surface area contributed by atoms with E-state index in [2.05, 4.69) is 39.6 Å². The molecule has 0 amide bonds. The number of nitrogens with zero attached hydrogens (tertiary/aromatic N) is 1. The van der Waals surface area contributed by atoms with Crippen LogP contribution in [0.3, 0.4) is 0 Å². The Kier molecular flexibility index (Phi) is 6.13. The Hall–Kier alpha value is -0.0800. The van der Waals surface area contributed by atoms with Crippen LogP contribution in [0.1, 0.15) is 59.8 Å². The summed E-state index contributed by atoms with van der Waals surface area (Å²) >= 11 is 0. The van der Waals surface area contributed by atoms with E-state index < -0.39 is 0 Å². The van der Waals surface area contributed by atoms with Crippen LogP contribution in [-0.4, -0.2) is 36.2 Å². The highest BCUT2D eigenvalue weighted by atomic mass is 16.3. The summed E-state index contributed by atoms with van der Waals surface area (Å²) in [5.74, 6) is 1.60. The van der Waals surface area contributed by atoms with Gasteiger partial charge in [-0.05, 0) is 45.1 Å². The van der Waals surface area contributed by atoms with Crippen LogP contribution in [0.25, 0.3) is 0 Å². The van der Waals surface area contributed by atoms with Gasteiger partial charge in [0.2, 0.25) is 0 Å². The smallest absolute Gasteiger partial charge is 0.0499 e. The lowest BCUT2D eigenvalue weighted by molar-refractivity contribution is 0.0246. The van der Waals surface area contributed by atoms with Gasteiger partial charge in [-0.1, -0.05) is 33.6 Å². The van der Waals surface area contributed by atoms with Crippen LogP contribution in [0, 0.1) is 17.3 Å². The second-order valence-corrected chi connectivity index (χ2v) is 7.23. The lowest BCUT2D eigenvalue weighted by Crippen LogP contribution is -2.44. The van der Waals surface area contributed by atoms with E-state index in [0.29, 0.717) is 12.6 Å². The summed E-state index contributed by atoms with van der Waals surface area (Å²) in [7, 11) is 2.22. The molecule has 0 aromatic heterocycles. The summed E-state index contributed by atoms with van der Waals surface area (Å²) in [4.78, 5) is 2.46. The number of hydrogen-bond acceptors (Lipinski definition) is 2. The zero-order chi connectivity index (χ0) is 13.8.